The van der Waals surface area contributed by atoms with E-state index in [-0.39, 0.29) is 11.1 Å². The Balaban J connectivity index is 2.00. The number of benzene rings is 1. The fourth-order valence-electron chi connectivity index (χ4n) is 3.84. The monoisotopic (exact) mass is 462 g/mol. The van der Waals surface area contributed by atoms with E-state index in [1.54, 1.807) is 0 Å². The maximum Gasteiger partial charge on any atom is 0.287 e. The molecule has 1 N–H and O–H groups in total. The molecular weight excluding hydrogens is 424 g/mol. The summed E-state index contributed by atoms with van der Waals surface area (Å²) in [6, 6.07) is 5.50. The van der Waals surface area contributed by atoms with E-state index in [9.17, 15) is 9.59 Å². The fraction of sp³-hybridized carbons (Fsp3) is 0.667. The highest BCUT2D eigenvalue weighted by molar-refractivity contribution is 6.74. The first-order valence-corrected chi connectivity index (χ1v) is 14.5. The highest BCUT2D eigenvalue weighted by Gasteiger charge is 2.42. The zero-order chi connectivity index (χ0) is 23.5. The third kappa shape index (κ3) is 5.91. The van der Waals surface area contributed by atoms with Gasteiger partial charge >= 0.3 is 0 Å². The molecule has 0 bridgehead atoms. The number of carbonyl (C=O) groups is 2. The van der Waals surface area contributed by atoms with Crippen LogP contribution in [0.5, 0.6) is 11.5 Å². The second kappa shape index (κ2) is 9.93. The van der Waals surface area contributed by atoms with Gasteiger partial charge in [0.1, 0.15) is 13.2 Å². The van der Waals surface area contributed by atoms with Crippen molar-refractivity contribution in [3.8, 4) is 11.5 Å². The van der Waals surface area contributed by atoms with Gasteiger partial charge in [0.15, 0.2) is 19.8 Å². The number of Topliss-reactive ketones (excluding diaryl/α,β-unsaturated/α-hetero) is 1. The standard InChI is InChI=1S/C24H38N2O5Si/c1-17(27)23(28)25-19(16-26-11-7-8-12-26)22(31-32(5,6)24(2,3)4)18-9-10-20-21(15-18)30-14-13-29-20/h9-10,15,19,22H,7-8,11-14,16H2,1-6H3,(H,25,28)/t19-,22-/m1/s1. The van der Waals surface area contributed by atoms with Gasteiger partial charge < -0.3 is 24.1 Å². The average molecular weight is 463 g/mol. The maximum atomic E-state index is 12.5. The van der Waals surface area contributed by atoms with Gasteiger partial charge in [-0.05, 0) is 61.8 Å². The van der Waals surface area contributed by atoms with Crippen LogP contribution in [0.2, 0.25) is 18.1 Å². The number of fused-ring (bicyclic) bond motifs is 1. The van der Waals surface area contributed by atoms with Crippen molar-refractivity contribution in [1.82, 2.24) is 10.2 Å². The number of carbonyl (C=O) groups excluding carboxylic acids is 2. The van der Waals surface area contributed by atoms with Crippen LogP contribution < -0.4 is 14.8 Å². The number of ether oxygens (including phenoxy) is 2. The van der Waals surface area contributed by atoms with Gasteiger partial charge in [-0.2, -0.15) is 0 Å². The van der Waals surface area contributed by atoms with Crippen LogP contribution in [0.15, 0.2) is 18.2 Å². The topological polar surface area (TPSA) is 77.1 Å². The largest absolute Gasteiger partial charge is 0.486 e. The molecule has 2 aliphatic rings. The summed E-state index contributed by atoms with van der Waals surface area (Å²) in [6.45, 7) is 15.9. The summed E-state index contributed by atoms with van der Waals surface area (Å²) in [7, 11) is -2.21. The Morgan fingerprint density at radius 3 is 2.34 bits per heavy atom. The van der Waals surface area contributed by atoms with Gasteiger partial charge in [-0.25, -0.2) is 0 Å². The molecule has 1 saturated heterocycles. The molecule has 32 heavy (non-hydrogen) atoms. The van der Waals surface area contributed by atoms with Crippen molar-refractivity contribution in [3.05, 3.63) is 23.8 Å². The summed E-state index contributed by atoms with van der Waals surface area (Å²) >= 11 is 0. The van der Waals surface area contributed by atoms with Gasteiger partial charge in [-0.15, -0.1) is 0 Å². The van der Waals surface area contributed by atoms with Crippen molar-refractivity contribution in [3.63, 3.8) is 0 Å². The Hall–Kier alpha value is -1.90. The molecule has 1 aromatic carbocycles. The summed E-state index contributed by atoms with van der Waals surface area (Å²) < 4.78 is 18.4. The molecule has 2 heterocycles. The summed E-state index contributed by atoms with van der Waals surface area (Å²) in [5.41, 5.74) is 0.923. The first-order chi connectivity index (χ1) is 15.0. The number of nitrogens with one attached hydrogen (secondary N) is 1. The van der Waals surface area contributed by atoms with E-state index in [1.807, 2.05) is 18.2 Å². The summed E-state index contributed by atoms with van der Waals surface area (Å²) in [5, 5.41) is 2.98. The molecule has 1 fully saturated rings. The van der Waals surface area contributed by atoms with Gasteiger partial charge in [-0.3, -0.25) is 9.59 Å². The van der Waals surface area contributed by atoms with E-state index < -0.39 is 26.1 Å². The van der Waals surface area contributed by atoms with Crippen LogP contribution in [0.25, 0.3) is 0 Å². The lowest BCUT2D eigenvalue weighted by Gasteiger charge is -2.42. The predicted molar refractivity (Wildman–Crippen MR) is 127 cm³/mol. The van der Waals surface area contributed by atoms with Crippen LogP contribution >= 0.6 is 0 Å². The molecule has 0 aromatic heterocycles. The molecule has 178 valence electrons. The number of nitrogens with zero attached hydrogens (tertiary/aromatic N) is 1. The molecule has 2 aliphatic heterocycles. The van der Waals surface area contributed by atoms with E-state index in [2.05, 4.69) is 44.1 Å². The van der Waals surface area contributed by atoms with Gasteiger partial charge in [0.05, 0.1) is 12.1 Å². The number of hydrogen-bond acceptors (Lipinski definition) is 6. The Labute approximate surface area is 192 Å². The zero-order valence-corrected chi connectivity index (χ0v) is 21.3. The molecule has 7 nitrogen and oxygen atoms in total. The Bertz CT molecular complexity index is 830. The second-order valence-corrected chi connectivity index (χ2v) is 15.1. The first-order valence-electron chi connectivity index (χ1n) is 11.6. The van der Waals surface area contributed by atoms with Crippen molar-refractivity contribution in [2.75, 3.05) is 32.8 Å². The molecule has 0 saturated carbocycles. The maximum absolute atomic E-state index is 12.5. The molecule has 8 heteroatoms. The Morgan fingerprint density at radius 2 is 1.75 bits per heavy atom. The predicted octanol–water partition coefficient (Wildman–Crippen LogP) is 3.69. The molecule has 0 aliphatic carbocycles. The third-order valence-corrected chi connectivity index (χ3v) is 11.2. The van der Waals surface area contributed by atoms with Crippen LogP contribution in [-0.2, 0) is 14.0 Å². The van der Waals surface area contributed by atoms with Gasteiger partial charge in [0, 0.05) is 13.5 Å². The smallest absolute Gasteiger partial charge is 0.287 e. The molecule has 0 unspecified atom stereocenters. The fourth-order valence-corrected chi connectivity index (χ4v) is 5.13. The number of hydrogen-bond donors (Lipinski definition) is 1. The van der Waals surface area contributed by atoms with Gasteiger partial charge in [-0.1, -0.05) is 26.8 Å². The molecule has 1 amide bonds. The number of ketones is 1. The van der Waals surface area contributed by atoms with Crippen molar-refractivity contribution in [1.29, 1.82) is 0 Å². The normalized spacial score (nSPS) is 18.8. The molecule has 2 atom stereocenters. The van der Waals surface area contributed by atoms with Crippen LogP contribution in [0.1, 0.15) is 52.2 Å². The lowest BCUT2D eigenvalue weighted by atomic mass is 10.0. The molecule has 0 spiro atoms. The first kappa shape index (κ1) is 24.7. The summed E-state index contributed by atoms with van der Waals surface area (Å²) in [6.07, 6.45) is 1.88. The average Bonchev–Trinajstić information content (AvgIpc) is 3.23. The van der Waals surface area contributed by atoms with E-state index in [1.165, 1.54) is 6.92 Å². The van der Waals surface area contributed by atoms with Crippen molar-refractivity contribution >= 4 is 20.0 Å². The van der Waals surface area contributed by atoms with Crippen LogP contribution in [0, 0.1) is 0 Å². The lowest BCUT2D eigenvalue weighted by Crippen LogP contribution is -2.52. The lowest BCUT2D eigenvalue weighted by molar-refractivity contribution is -0.137. The van der Waals surface area contributed by atoms with Crippen molar-refractivity contribution in [2.45, 2.75) is 70.8 Å². The van der Waals surface area contributed by atoms with Crippen LogP contribution in [0.3, 0.4) is 0 Å². The number of rotatable bonds is 8. The van der Waals surface area contributed by atoms with Crippen molar-refractivity contribution in [2.24, 2.45) is 0 Å². The SMILES string of the molecule is CC(=O)C(=O)N[C@H](CN1CCCC1)[C@H](O[Si](C)(C)C(C)(C)C)c1ccc2c(c1)OCCO2. The van der Waals surface area contributed by atoms with E-state index in [0.717, 1.165) is 37.2 Å². The molecule has 1 aromatic rings. The number of amides is 1. The quantitative estimate of drug-likeness (QED) is 0.469. The zero-order valence-electron chi connectivity index (χ0n) is 20.3. The molecule has 3 rings (SSSR count). The van der Waals surface area contributed by atoms with Crippen molar-refractivity contribution < 1.29 is 23.5 Å². The van der Waals surface area contributed by atoms with Crippen LogP contribution in [0.4, 0.5) is 0 Å². The second-order valence-electron chi connectivity index (χ2n) is 10.3. The Morgan fingerprint density at radius 1 is 1.12 bits per heavy atom. The van der Waals surface area contributed by atoms with E-state index >= 15 is 0 Å². The molecule has 0 radical (unpaired) electrons. The van der Waals surface area contributed by atoms with Crippen LogP contribution in [-0.4, -0.2) is 63.8 Å². The highest BCUT2D eigenvalue weighted by atomic mass is 28.4. The third-order valence-electron chi connectivity index (χ3n) is 6.78. The van der Waals surface area contributed by atoms with Gasteiger partial charge in [0.25, 0.3) is 5.91 Å². The minimum Gasteiger partial charge on any atom is -0.486 e. The summed E-state index contributed by atoms with van der Waals surface area (Å²) in [4.78, 5) is 26.6. The highest BCUT2D eigenvalue weighted by Crippen LogP contribution is 2.42. The minimum absolute atomic E-state index is 0.0121. The summed E-state index contributed by atoms with van der Waals surface area (Å²) in [5.74, 6) is 0.339. The Kier molecular flexibility index (Phi) is 7.67. The van der Waals surface area contributed by atoms with E-state index in [0.29, 0.717) is 25.5 Å². The molecular formula is C24H38N2O5Si. The minimum atomic E-state index is -2.21. The number of likely N-dealkylation sites (tertiary alicyclic amines) is 1. The van der Waals surface area contributed by atoms with E-state index in [4.69, 9.17) is 13.9 Å². The van der Waals surface area contributed by atoms with Gasteiger partial charge in [0.2, 0.25) is 5.78 Å².